The SMILES string of the molecule is S=C(I)c1ccc2ccccc2c1. The highest BCUT2D eigenvalue weighted by Gasteiger charge is 1.97. The summed E-state index contributed by atoms with van der Waals surface area (Å²) in [7, 11) is 0. The molecule has 0 aliphatic rings. The third-order valence-electron chi connectivity index (χ3n) is 1.98. The maximum Gasteiger partial charge on any atom is 0.0832 e. The van der Waals surface area contributed by atoms with Gasteiger partial charge in [-0.1, -0.05) is 48.6 Å². The molecule has 0 fully saturated rings. The van der Waals surface area contributed by atoms with Crippen molar-refractivity contribution >= 4 is 48.5 Å². The highest BCUT2D eigenvalue weighted by molar-refractivity contribution is 14.1. The van der Waals surface area contributed by atoms with Crippen molar-refractivity contribution in [1.29, 1.82) is 0 Å². The Morgan fingerprint density at radius 2 is 1.69 bits per heavy atom. The lowest BCUT2D eigenvalue weighted by molar-refractivity contribution is 1.73. The molecule has 0 spiro atoms. The van der Waals surface area contributed by atoms with E-state index in [1.807, 2.05) is 12.1 Å². The van der Waals surface area contributed by atoms with E-state index >= 15 is 0 Å². The normalized spacial score (nSPS) is 10.2. The Labute approximate surface area is 96.1 Å². The van der Waals surface area contributed by atoms with Crippen molar-refractivity contribution in [3.63, 3.8) is 0 Å². The van der Waals surface area contributed by atoms with Crippen LogP contribution >= 0.6 is 34.8 Å². The fourth-order valence-electron chi connectivity index (χ4n) is 1.31. The maximum atomic E-state index is 5.11. The number of hydrogen-bond donors (Lipinski definition) is 0. The predicted molar refractivity (Wildman–Crippen MR) is 69.7 cm³/mol. The summed E-state index contributed by atoms with van der Waals surface area (Å²) in [4.78, 5) is 0. The molecule has 0 saturated carbocycles. The maximum absolute atomic E-state index is 5.11. The van der Waals surface area contributed by atoms with E-state index in [0.29, 0.717) is 0 Å². The molecule has 0 bridgehead atoms. The van der Waals surface area contributed by atoms with Gasteiger partial charge in [0.05, 0.1) is 2.87 Å². The van der Waals surface area contributed by atoms with Crippen LogP contribution < -0.4 is 0 Å². The first-order valence-corrected chi connectivity index (χ1v) is 5.45. The van der Waals surface area contributed by atoms with Gasteiger partial charge < -0.3 is 0 Å². The van der Waals surface area contributed by atoms with E-state index < -0.39 is 0 Å². The number of halogens is 1. The van der Waals surface area contributed by atoms with Crippen LogP contribution in [0.2, 0.25) is 0 Å². The van der Waals surface area contributed by atoms with Gasteiger partial charge in [0.25, 0.3) is 0 Å². The zero-order valence-corrected chi connectivity index (χ0v) is 9.80. The predicted octanol–water partition coefficient (Wildman–Crippen LogP) is 3.95. The lowest BCUT2D eigenvalue weighted by Gasteiger charge is -1.99. The molecule has 0 heterocycles. The molecule has 0 aliphatic heterocycles. The molecule has 0 radical (unpaired) electrons. The number of fused-ring (bicyclic) bond motifs is 1. The second-order valence-corrected chi connectivity index (χ2v) is 5.05. The number of rotatable bonds is 1. The van der Waals surface area contributed by atoms with Crippen molar-refractivity contribution in [1.82, 2.24) is 0 Å². The molecular formula is C11H7IS. The fraction of sp³-hybridized carbons (Fsp3) is 0. The minimum absolute atomic E-state index is 0.920. The van der Waals surface area contributed by atoms with E-state index in [2.05, 4.69) is 52.9 Å². The first kappa shape index (κ1) is 9.09. The van der Waals surface area contributed by atoms with Crippen LogP contribution in [0.3, 0.4) is 0 Å². The number of thiocarbonyl (C=S) groups is 1. The van der Waals surface area contributed by atoms with Gasteiger partial charge in [-0.25, -0.2) is 0 Å². The molecule has 0 aliphatic carbocycles. The van der Waals surface area contributed by atoms with Gasteiger partial charge in [0.15, 0.2) is 0 Å². The third kappa shape index (κ3) is 1.89. The van der Waals surface area contributed by atoms with E-state index in [4.69, 9.17) is 12.2 Å². The van der Waals surface area contributed by atoms with Crippen molar-refractivity contribution < 1.29 is 0 Å². The molecule has 2 heteroatoms. The average molecular weight is 298 g/mol. The first-order valence-electron chi connectivity index (χ1n) is 3.96. The Morgan fingerprint density at radius 3 is 2.38 bits per heavy atom. The zero-order valence-electron chi connectivity index (χ0n) is 6.83. The quantitative estimate of drug-likeness (QED) is 0.436. The van der Waals surface area contributed by atoms with Crippen LogP contribution in [-0.4, -0.2) is 2.87 Å². The van der Waals surface area contributed by atoms with Crippen molar-refractivity contribution in [2.45, 2.75) is 0 Å². The number of benzene rings is 2. The van der Waals surface area contributed by atoms with Gasteiger partial charge in [0, 0.05) is 0 Å². The lowest BCUT2D eigenvalue weighted by Crippen LogP contribution is -1.84. The van der Waals surface area contributed by atoms with Crippen molar-refractivity contribution in [3.8, 4) is 0 Å². The highest BCUT2D eigenvalue weighted by Crippen LogP contribution is 2.17. The van der Waals surface area contributed by atoms with Crippen LogP contribution in [0.1, 0.15) is 5.56 Å². The fourth-order valence-corrected chi connectivity index (χ4v) is 1.77. The summed E-state index contributed by atoms with van der Waals surface area (Å²) in [5.74, 6) is 0. The first-order chi connectivity index (χ1) is 6.27. The third-order valence-corrected chi connectivity index (χ3v) is 2.83. The van der Waals surface area contributed by atoms with E-state index in [-0.39, 0.29) is 0 Å². The van der Waals surface area contributed by atoms with Crippen LogP contribution in [0.15, 0.2) is 42.5 Å². The lowest BCUT2D eigenvalue weighted by atomic mass is 10.1. The Kier molecular flexibility index (Phi) is 2.60. The van der Waals surface area contributed by atoms with E-state index in [1.165, 1.54) is 10.8 Å². The summed E-state index contributed by atoms with van der Waals surface area (Å²) in [6.07, 6.45) is 0. The Morgan fingerprint density at radius 1 is 1.00 bits per heavy atom. The summed E-state index contributed by atoms with van der Waals surface area (Å²) >= 11 is 7.28. The topological polar surface area (TPSA) is 0 Å². The standard InChI is InChI=1S/C11H7IS/c12-11(13)10-6-5-8-3-1-2-4-9(8)7-10/h1-7H. The molecule has 13 heavy (non-hydrogen) atoms. The van der Waals surface area contributed by atoms with Crippen molar-refractivity contribution in [2.75, 3.05) is 0 Å². The van der Waals surface area contributed by atoms with E-state index in [9.17, 15) is 0 Å². The van der Waals surface area contributed by atoms with Crippen molar-refractivity contribution in [3.05, 3.63) is 48.0 Å². The molecule has 0 unspecified atom stereocenters. The minimum Gasteiger partial charge on any atom is -0.0723 e. The summed E-state index contributed by atoms with van der Waals surface area (Å²) in [6.45, 7) is 0. The average Bonchev–Trinajstić information content (AvgIpc) is 2.17. The van der Waals surface area contributed by atoms with Gasteiger partial charge in [-0.2, -0.15) is 0 Å². The zero-order chi connectivity index (χ0) is 9.26. The van der Waals surface area contributed by atoms with Crippen molar-refractivity contribution in [2.24, 2.45) is 0 Å². The number of hydrogen-bond acceptors (Lipinski definition) is 1. The van der Waals surface area contributed by atoms with Crippen LogP contribution in [-0.2, 0) is 0 Å². The second-order valence-electron chi connectivity index (χ2n) is 2.84. The van der Waals surface area contributed by atoms with E-state index in [0.717, 1.165) is 8.43 Å². The van der Waals surface area contributed by atoms with Gasteiger partial charge in [0.1, 0.15) is 0 Å². The molecule has 2 rings (SSSR count). The summed E-state index contributed by atoms with van der Waals surface area (Å²) in [6, 6.07) is 14.6. The van der Waals surface area contributed by atoms with Gasteiger partial charge in [-0.15, -0.1) is 0 Å². The molecule has 2 aromatic carbocycles. The summed E-state index contributed by atoms with van der Waals surface area (Å²) in [5, 5.41) is 2.51. The molecule has 0 amide bonds. The highest BCUT2D eigenvalue weighted by atomic mass is 127. The Hall–Kier alpha value is -0.480. The Bertz CT molecular complexity index is 462. The molecule has 0 nitrogen and oxygen atoms in total. The van der Waals surface area contributed by atoms with Crippen LogP contribution in [0.5, 0.6) is 0 Å². The van der Waals surface area contributed by atoms with Gasteiger partial charge in [-0.3, -0.25) is 0 Å². The smallest absolute Gasteiger partial charge is 0.0723 e. The Balaban J connectivity index is 2.69. The molecule has 64 valence electrons. The van der Waals surface area contributed by atoms with E-state index in [1.54, 1.807) is 0 Å². The van der Waals surface area contributed by atoms with Crippen LogP contribution in [0.25, 0.3) is 10.8 Å². The van der Waals surface area contributed by atoms with Gasteiger partial charge in [-0.05, 0) is 45.0 Å². The molecule has 0 saturated heterocycles. The second kappa shape index (κ2) is 3.72. The van der Waals surface area contributed by atoms with Gasteiger partial charge in [0.2, 0.25) is 0 Å². The van der Waals surface area contributed by atoms with Crippen LogP contribution in [0, 0.1) is 0 Å². The van der Waals surface area contributed by atoms with Gasteiger partial charge >= 0.3 is 0 Å². The molecule has 2 aromatic rings. The molecular weight excluding hydrogens is 291 g/mol. The largest absolute Gasteiger partial charge is 0.0832 e. The van der Waals surface area contributed by atoms with Crippen LogP contribution in [0.4, 0.5) is 0 Å². The molecule has 0 atom stereocenters. The monoisotopic (exact) mass is 298 g/mol. The minimum atomic E-state index is 0.920. The molecule has 0 aromatic heterocycles. The summed E-state index contributed by atoms with van der Waals surface area (Å²) in [5.41, 5.74) is 1.13. The summed E-state index contributed by atoms with van der Waals surface area (Å²) < 4.78 is 0.920. The molecule has 0 N–H and O–H groups in total.